The number of para-hydroxylation sites is 1. The quantitative estimate of drug-likeness (QED) is 0.882. The highest BCUT2D eigenvalue weighted by atomic mass is 16.2. The van der Waals surface area contributed by atoms with Crippen LogP contribution in [-0.2, 0) is 16.0 Å². The third-order valence-electron chi connectivity index (χ3n) is 3.32. The lowest BCUT2D eigenvalue weighted by Gasteiger charge is -2.24. The van der Waals surface area contributed by atoms with Gasteiger partial charge < -0.3 is 10.2 Å². The van der Waals surface area contributed by atoms with Crippen LogP contribution in [0.15, 0.2) is 24.3 Å². The van der Waals surface area contributed by atoms with E-state index in [1.54, 1.807) is 19.0 Å². The van der Waals surface area contributed by atoms with E-state index >= 15 is 0 Å². The van der Waals surface area contributed by atoms with E-state index < -0.39 is 0 Å². The zero-order valence-electron chi connectivity index (χ0n) is 10.8. The molecule has 0 radical (unpaired) electrons. The highest BCUT2D eigenvalue weighted by molar-refractivity contribution is 5.95. The van der Waals surface area contributed by atoms with Gasteiger partial charge in [0.25, 0.3) is 0 Å². The largest absolute Gasteiger partial charge is 0.349 e. The molecule has 96 valence electrons. The lowest BCUT2D eigenvalue weighted by molar-refractivity contribution is -0.129. The van der Waals surface area contributed by atoms with Crippen molar-refractivity contribution in [1.82, 2.24) is 4.90 Å². The Kier molecular flexibility index (Phi) is 3.65. The first-order valence-corrected chi connectivity index (χ1v) is 6.17. The van der Waals surface area contributed by atoms with Crippen LogP contribution in [0.3, 0.4) is 0 Å². The molecule has 0 fully saturated rings. The van der Waals surface area contributed by atoms with Gasteiger partial charge in [0, 0.05) is 32.1 Å². The summed E-state index contributed by atoms with van der Waals surface area (Å²) in [4.78, 5) is 25.0. The second-order valence-electron chi connectivity index (χ2n) is 4.87. The zero-order valence-corrected chi connectivity index (χ0v) is 10.8. The Morgan fingerprint density at radius 3 is 2.83 bits per heavy atom. The second kappa shape index (κ2) is 5.21. The van der Waals surface area contributed by atoms with E-state index in [9.17, 15) is 9.59 Å². The maximum atomic E-state index is 11.9. The van der Waals surface area contributed by atoms with Crippen molar-refractivity contribution in [3.05, 3.63) is 29.8 Å². The number of rotatable bonds is 3. The summed E-state index contributed by atoms with van der Waals surface area (Å²) in [5.41, 5.74) is 2.05. The normalized spacial score (nSPS) is 17.9. The van der Waals surface area contributed by atoms with E-state index in [-0.39, 0.29) is 17.7 Å². The van der Waals surface area contributed by atoms with Crippen LogP contribution in [-0.4, -0.2) is 30.8 Å². The highest BCUT2D eigenvalue weighted by Gasteiger charge is 2.26. The third-order valence-corrected chi connectivity index (χ3v) is 3.32. The molecule has 4 heteroatoms. The monoisotopic (exact) mass is 246 g/mol. The lowest BCUT2D eigenvalue weighted by Crippen LogP contribution is -2.31. The zero-order chi connectivity index (χ0) is 13.1. The Morgan fingerprint density at radius 1 is 1.39 bits per heavy atom. The number of carbonyl (C=O) groups is 2. The van der Waals surface area contributed by atoms with Crippen molar-refractivity contribution in [3.8, 4) is 0 Å². The molecule has 1 unspecified atom stereocenters. The Bertz CT molecular complexity index is 469. The summed E-state index contributed by atoms with van der Waals surface area (Å²) in [6, 6.07) is 7.82. The standard InChI is InChI=1S/C14H18N2O2/c1-16(2)13(17)8-7-11-9-10-5-3-4-6-12(10)15-14(11)18/h3-6,11H,7-9H2,1-2H3,(H,15,18). The molecule has 2 rings (SSSR count). The Balaban J connectivity index is 2.00. The van der Waals surface area contributed by atoms with Gasteiger partial charge in [0.15, 0.2) is 0 Å². The summed E-state index contributed by atoms with van der Waals surface area (Å²) in [7, 11) is 3.47. The number of hydrogen-bond acceptors (Lipinski definition) is 2. The lowest BCUT2D eigenvalue weighted by atomic mass is 9.89. The molecular formula is C14H18N2O2. The van der Waals surface area contributed by atoms with Crippen molar-refractivity contribution in [2.24, 2.45) is 5.92 Å². The molecule has 0 spiro atoms. The van der Waals surface area contributed by atoms with Gasteiger partial charge in [-0.15, -0.1) is 0 Å². The van der Waals surface area contributed by atoms with Gasteiger partial charge in [-0.1, -0.05) is 18.2 Å². The number of fused-ring (bicyclic) bond motifs is 1. The minimum atomic E-state index is -0.0937. The number of nitrogens with zero attached hydrogens (tertiary/aromatic N) is 1. The van der Waals surface area contributed by atoms with E-state index in [2.05, 4.69) is 5.32 Å². The third kappa shape index (κ3) is 2.70. The summed E-state index contributed by atoms with van der Waals surface area (Å²) in [6.07, 6.45) is 1.76. The summed E-state index contributed by atoms with van der Waals surface area (Å²) in [5, 5.41) is 2.90. The first-order chi connectivity index (χ1) is 8.58. The smallest absolute Gasteiger partial charge is 0.227 e. The maximum Gasteiger partial charge on any atom is 0.227 e. The fraction of sp³-hybridized carbons (Fsp3) is 0.429. The molecule has 0 saturated heterocycles. The second-order valence-corrected chi connectivity index (χ2v) is 4.87. The Hall–Kier alpha value is -1.84. The maximum absolute atomic E-state index is 11.9. The van der Waals surface area contributed by atoms with Crippen LogP contribution < -0.4 is 5.32 Å². The van der Waals surface area contributed by atoms with Gasteiger partial charge in [-0.05, 0) is 24.5 Å². The molecule has 18 heavy (non-hydrogen) atoms. The number of anilines is 1. The summed E-state index contributed by atoms with van der Waals surface area (Å²) in [5.74, 6) is 0.00529. The molecule has 1 atom stereocenters. The molecule has 4 nitrogen and oxygen atoms in total. The van der Waals surface area contributed by atoms with Crippen LogP contribution >= 0.6 is 0 Å². The summed E-state index contributed by atoms with van der Waals surface area (Å²) < 4.78 is 0. The molecule has 1 aliphatic rings. The van der Waals surface area contributed by atoms with Crippen molar-refractivity contribution < 1.29 is 9.59 Å². The molecule has 1 N–H and O–H groups in total. The molecule has 0 bridgehead atoms. The van der Waals surface area contributed by atoms with Gasteiger partial charge in [0.2, 0.25) is 11.8 Å². The average molecular weight is 246 g/mol. The average Bonchev–Trinajstić information content (AvgIpc) is 2.35. The highest BCUT2D eigenvalue weighted by Crippen LogP contribution is 2.27. The van der Waals surface area contributed by atoms with E-state index in [4.69, 9.17) is 0 Å². The van der Waals surface area contributed by atoms with Crippen molar-refractivity contribution in [2.45, 2.75) is 19.3 Å². The van der Waals surface area contributed by atoms with Gasteiger partial charge in [0.05, 0.1) is 0 Å². The van der Waals surface area contributed by atoms with Gasteiger partial charge >= 0.3 is 0 Å². The summed E-state index contributed by atoms with van der Waals surface area (Å²) >= 11 is 0. The molecule has 1 aromatic carbocycles. The molecule has 0 saturated carbocycles. The Labute approximate surface area is 107 Å². The SMILES string of the molecule is CN(C)C(=O)CCC1Cc2ccccc2NC1=O. The molecular weight excluding hydrogens is 228 g/mol. The molecule has 1 heterocycles. The summed E-state index contributed by atoms with van der Waals surface area (Å²) in [6.45, 7) is 0. The number of nitrogens with one attached hydrogen (secondary N) is 1. The molecule has 2 amide bonds. The number of carbonyl (C=O) groups excluding carboxylic acids is 2. The van der Waals surface area contributed by atoms with E-state index in [1.165, 1.54) is 0 Å². The number of amides is 2. The fourth-order valence-electron chi connectivity index (χ4n) is 2.17. The minimum Gasteiger partial charge on any atom is -0.349 e. The van der Waals surface area contributed by atoms with Gasteiger partial charge in [-0.25, -0.2) is 0 Å². The van der Waals surface area contributed by atoms with Gasteiger partial charge in [0.1, 0.15) is 0 Å². The topological polar surface area (TPSA) is 49.4 Å². The van der Waals surface area contributed by atoms with Crippen molar-refractivity contribution >= 4 is 17.5 Å². The molecule has 0 aliphatic carbocycles. The van der Waals surface area contributed by atoms with Gasteiger partial charge in [-0.2, -0.15) is 0 Å². The van der Waals surface area contributed by atoms with E-state index in [0.717, 1.165) is 17.7 Å². The van der Waals surface area contributed by atoms with Crippen LogP contribution in [0.5, 0.6) is 0 Å². The molecule has 0 aromatic heterocycles. The van der Waals surface area contributed by atoms with Crippen molar-refractivity contribution in [2.75, 3.05) is 19.4 Å². The van der Waals surface area contributed by atoms with Crippen molar-refractivity contribution in [1.29, 1.82) is 0 Å². The van der Waals surface area contributed by atoms with Crippen molar-refractivity contribution in [3.63, 3.8) is 0 Å². The fourth-order valence-corrected chi connectivity index (χ4v) is 2.17. The predicted octanol–water partition coefficient (Wildman–Crippen LogP) is 1.67. The predicted molar refractivity (Wildman–Crippen MR) is 70.2 cm³/mol. The first kappa shape index (κ1) is 12.6. The molecule has 1 aromatic rings. The van der Waals surface area contributed by atoms with Crippen LogP contribution in [0.2, 0.25) is 0 Å². The number of hydrogen-bond donors (Lipinski definition) is 1. The van der Waals surface area contributed by atoms with E-state index in [1.807, 2.05) is 24.3 Å². The Morgan fingerprint density at radius 2 is 2.11 bits per heavy atom. The van der Waals surface area contributed by atoms with Crippen LogP contribution in [0.1, 0.15) is 18.4 Å². The van der Waals surface area contributed by atoms with Gasteiger partial charge in [-0.3, -0.25) is 9.59 Å². The minimum absolute atomic E-state index is 0.0280. The van der Waals surface area contributed by atoms with Crippen LogP contribution in [0.4, 0.5) is 5.69 Å². The van der Waals surface area contributed by atoms with Crippen LogP contribution in [0.25, 0.3) is 0 Å². The number of benzene rings is 1. The van der Waals surface area contributed by atoms with E-state index in [0.29, 0.717) is 12.8 Å². The molecule has 1 aliphatic heterocycles. The van der Waals surface area contributed by atoms with Crippen LogP contribution in [0, 0.1) is 5.92 Å². The first-order valence-electron chi connectivity index (χ1n) is 6.17.